The number of aliphatic imine (C=N–C) groups is 1. The molecule has 2 N–H and O–H groups in total. The zero-order chi connectivity index (χ0) is 19.1. The first kappa shape index (κ1) is 21.5. The highest BCUT2D eigenvalue weighted by molar-refractivity contribution is 5.80. The lowest BCUT2D eigenvalue weighted by atomic mass is 9.82. The van der Waals surface area contributed by atoms with E-state index < -0.39 is 0 Å². The smallest absolute Gasteiger partial charge is 0.191 e. The second kappa shape index (κ2) is 10.5. The molecule has 0 saturated carbocycles. The van der Waals surface area contributed by atoms with Crippen molar-refractivity contribution < 1.29 is 0 Å². The van der Waals surface area contributed by atoms with E-state index in [4.69, 9.17) is 4.99 Å². The van der Waals surface area contributed by atoms with Crippen molar-refractivity contribution in [1.29, 1.82) is 0 Å². The van der Waals surface area contributed by atoms with Crippen LogP contribution in [-0.2, 0) is 0 Å². The van der Waals surface area contributed by atoms with Gasteiger partial charge in [-0.2, -0.15) is 0 Å². The third kappa shape index (κ3) is 6.12. The largest absolute Gasteiger partial charge is 0.357 e. The normalized spacial score (nSPS) is 27.4. The molecule has 152 valence electrons. The van der Waals surface area contributed by atoms with E-state index in [1.807, 2.05) is 0 Å². The Morgan fingerprint density at radius 3 is 2.27 bits per heavy atom. The van der Waals surface area contributed by atoms with Gasteiger partial charge in [0, 0.05) is 49.8 Å². The summed E-state index contributed by atoms with van der Waals surface area (Å²) in [5.74, 6) is 1.01. The van der Waals surface area contributed by atoms with Gasteiger partial charge < -0.3 is 15.5 Å². The topological polar surface area (TPSA) is 42.9 Å². The Morgan fingerprint density at radius 1 is 1.12 bits per heavy atom. The number of piperidine rings is 2. The molecule has 26 heavy (non-hydrogen) atoms. The predicted octanol–water partition coefficient (Wildman–Crippen LogP) is 3.07. The van der Waals surface area contributed by atoms with Gasteiger partial charge in [0.05, 0.1) is 0 Å². The van der Waals surface area contributed by atoms with Crippen LogP contribution in [0.2, 0.25) is 0 Å². The summed E-state index contributed by atoms with van der Waals surface area (Å²) < 4.78 is 0. The van der Waals surface area contributed by atoms with Gasteiger partial charge in [0.2, 0.25) is 0 Å². The lowest BCUT2D eigenvalue weighted by Gasteiger charge is -2.47. The molecule has 0 spiro atoms. The zero-order valence-corrected chi connectivity index (χ0v) is 18.1. The van der Waals surface area contributed by atoms with E-state index in [2.05, 4.69) is 62.1 Å². The second-order valence-corrected chi connectivity index (χ2v) is 8.76. The van der Waals surface area contributed by atoms with Gasteiger partial charge in [0.1, 0.15) is 0 Å². The molecule has 2 bridgehead atoms. The molecule has 2 unspecified atom stereocenters. The molecule has 2 aliphatic heterocycles. The number of guanidine groups is 1. The first-order valence-corrected chi connectivity index (χ1v) is 10.9. The van der Waals surface area contributed by atoms with Gasteiger partial charge in [-0.25, -0.2) is 0 Å². The van der Waals surface area contributed by atoms with Crippen molar-refractivity contribution >= 4 is 5.96 Å². The number of nitrogens with zero attached hydrogens (tertiary/aromatic N) is 3. The van der Waals surface area contributed by atoms with E-state index in [-0.39, 0.29) is 0 Å². The Morgan fingerprint density at radius 2 is 1.73 bits per heavy atom. The Hall–Kier alpha value is -0.810. The molecule has 2 fully saturated rings. The highest BCUT2D eigenvalue weighted by atomic mass is 15.2. The molecule has 2 rings (SSSR count). The molecular formula is C21H43N5. The van der Waals surface area contributed by atoms with Gasteiger partial charge >= 0.3 is 0 Å². The fraction of sp³-hybridized carbons (Fsp3) is 0.952. The Balaban J connectivity index is 1.83. The third-order valence-corrected chi connectivity index (χ3v) is 6.20. The standard InChI is InChI=1S/C21H43N5/c1-7-22-21(23-12-9-13-26(16(2)3)17(4)5)24-18-14-19-10-8-11-20(15-18)25(19)6/h16-20H,7-15H2,1-6H3,(H2,22,23,24). The van der Waals surface area contributed by atoms with Crippen LogP contribution in [0.4, 0.5) is 0 Å². The molecule has 5 heteroatoms. The average molecular weight is 366 g/mol. The summed E-state index contributed by atoms with van der Waals surface area (Å²) in [5.41, 5.74) is 0. The number of hydrogen-bond donors (Lipinski definition) is 2. The maximum atomic E-state index is 4.87. The van der Waals surface area contributed by atoms with Crippen molar-refractivity contribution in [2.45, 2.75) is 103 Å². The van der Waals surface area contributed by atoms with Crippen molar-refractivity contribution in [1.82, 2.24) is 20.4 Å². The quantitative estimate of drug-likeness (QED) is 0.394. The Kier molecular flexibility index (Phi) is 8.68. The summed E-state index contributed by atoms with van der Waals surface area (Å²) in [7, 11) is 2.32. The van der Waals surface area contributed by atoms with Gasteiger partial charge in [0.25, 0.3) is 0 Å². The zero-order valence-electron chi connectivity index (χ0n) is 18.1. The molecule has 2 saturated heterocycles. The van der Waals surface area contributed by atoms with Crippen LogP contribution in [0.25, 0.3) is 0 Å². The van der Waals surface area contributed by atoms with E-state index in [1.54, 1.807) is 0 Å². The second-order valence-electron chi connectivity index (χ2n) is 8.76. The molecule has 2 atom stereocenters. The molecule has 0 aliphatic carbocycles. The minimum absolute atomic E-state index is 0.571. The Bertz CT molecular complexity index is 412. The van der Waals surface area contributed by atoms with E-state index in [0.29, 0.717) is 18.1 Å². The van der Waals surface area contributed by atoms with E-state index in [0.717, 1.165) is 44.1 Å². The first-order chi connectivity index (χ1) is 12.4. The van der Waals surface area contributed by atoms with Gasteiger partial charge in [-0.3, -0.25) is 9.89 Å². The van der Waals surface area contributed by atoms with E-state index in [1.165, 1.54) is 32.1 Å². The van der Waals surface area contributed by atoms with Crippen molar-refractivity contribution in [3.05, 3.63) is 0 Å². The van der Waals surface area contributed by atoms with Crippen LogP contribution in [0.3, 0.4) is 0 Å². The summed E-state index contributed by atoms with van der Waals surface area (Å²) in [6.45, 7) is 14.2. The average Bonchev–Trinajstić information content (AvgIpc) is 2.55. The SMILES string of the molecule is CCNC(=NCCCN(C(C)C)C(C)C)NC1CC2CCCC(C1)N2C. The summed E-state index contributed by atoms with van der Waals surface area (Å²) in [4.78, 5) is 10.0. The van der Waals surface area contributed by atoms with Gasteiger partial charge in [-0.05, 0) is 73.8 Å². The monoisotopic (exact) mass is 365 g/mol. The molecule has 2 aliphatic rings. The lowest BCUT2D eigenvalue weighted by Crippen LogP contribution is -2.56. The number of rotatable bonds is 8. The van der Waals surface area contributed by atoms with Crippen LogP contribution < -0.4 is 10.6 Å². The third-order valence-electron chi connectivity index (χ3n) is 6.20. The molecule has 0 aromatic carbocycles. The van der Waals surface area contributed by atoms with Crippen molar-refractivity contribution in [3.8, 4) is 0 Å². The molecule has 0 amide bonds. The highest BCUT2D eigenvalue weighted by Crippen LogP contribution is 2.32. The summed E-state index contributed by atoms with van der Waals surface area (Å²) >= 11 is 0. The van der Waals surface area contributed by atoms with Crippen LogP contribution in [0, 0.1) is 0 Å². The van der Waals surface area contributed by atoms with Crippen LogP contribution in [0.15, 0.2) is 4.99 Å². The van der Waals surface area contributed by atoms with Gasteiger partial charge in [0.15, 0.2) is 5.96 Å². The highest BCUT2D eigenvalue weighted by Gasteiger charge is 2.36. The fourth-order valence-electron chi connectivity index (χ4n) is 4.80. The molecule has 0 aromatic heterocycles. The predicted molar refractivity (Wildman–Crippen MR) is 113 cm³/mol. The lowest BCUT2D eigenvalue weighted by molar-refractivity contribution is 0.0526. The molecule has 2 heterocycles. The van der Waals surface area contributed by atoms with Crippen molar-refractivity contribution in [2.24, 2.45) is 4.99 Å². The Labute approximate surface area is 162 Å². The van der Waals surface area contributed by atoms with E-state index in [9.17, 15) is 0 Å². The molecule has 5 nitrogen and oxygen atoms in total. The van der Waals surface area contributed by atoms with Crippen LogP contribution >= 0.6 is 0 Å². The van der Waals surface area contributed by atoms with Crippen molar-refractivity contribution in [3.63, 3.8) is 0 Å². The maximum absolute atomic E-state index is 4.87. The first-order valence-electron chi connectivity index (χ1n) is 10.9. The van der Waals surface area contributed by atoms with Gasteiger partial charge in [-0.15, -0.1) is 0 Å². The van der Waals surface area contributed by atoms with Gasteiger partial charge in [-0.1, -0.05) is 6.42 Å². The number of fused-ring (bicyclic) bond motifs is 2. The minimum atomic E-state index is 0.571. The van der Waals surface area contributed by atoms with Crippen LogP contribution in [0.5, 0.6) is 0 Å². The number of hydrogen-bond acceptors (Lipinski definition) is 3. The minimum Gasteiger partial charge on any atom is -0.357 e. The van der Waals surface area contributed by atoms with Crippen molar-refractivity contribution in [2.75, 3.05) is 26.7 Å². The molecule has 0 radical (unpaired) electrons. The summed E-state index contributed by atoms with van der Waals surface area (Å²) in [5, 5.41) is 7.19. The summed E-state index contributed by atoms with van der Waals surface area (Å²) in [6, 6.07) is 3.29. The van der Waals surface area contributed by atoms with Crippen LogP contribution in [0.1, 0.15) is 73.1 Å². The fourth-order valence-corrected chi connectivity index (χ4v) is 4.80. The number of nitrogens with one attached hydrogen (secondary N) is 2. The molecular weight excluding hydrogens is 322 g/mol. The van der Waals surface area contributed by atoms with E-state index >= 15 is 0 Å². The molecule has 0 aromatic rings. The van der Waals surface area contributed by atoms with Crippen LogP contribution in [-0.4, -0.2) is 72.7 Å². The summed E-state index contributed by atoms with van der Waals surface area (Å²) in [6.07, 6.45) is 7.75. The maximum Gasteiger partial charge on any atom is 0.191 e.